The van der Waals surface area contributed by atoms with Crippen LogP contribution in [-0.2, 0) is 9.53 Å². The van der Waals surface area contributed by atoms with Crippen molar-refractivity contribution in [3.05, 3.63) is 21.8 Å². The van der Waals surface area contributed by atoms with Gasteiger partial charge in [0.1, 0.15) is 6.61 Å². The summed E-state index contributed by atoms with van der Waals surface area (Å²) in [5, 5.41) is 8.22. The Bertz CT molecular complexity index is 323. The number of carbonyl (C=O) groups is 1. The Morgan fingerprint density at radius 1 is 1.69 bits per heavy atom. The first-order valence-corrected chi connectivity index (χ1v) is 6.20. The van der Waals surface area contributed by atoms with Gasteiger partial charge in [0, 0.05) is 0 Å². The van der Waals surface area contributed by atoms with Crippen molar-refractivity contribution in [2.45, 2.75) is 6.42 Å². The Hall–Kier alpha value is -0.960. The van der Waals surface area contributed by atoms with Crippen molar-refractivity contribution >= 4 is 30.7 Å². The largest absolute Gasteiger partial charge is 0.461 e. The van der Waals surface area contributed by atoms with Crippen LogP contribution in [0.4, 0.5) is 0 Å². The number of esters is 1. The Morgan fingerprint density at radius 2 is 2.54 bits per heavy atom. The first kappa shape index (κ1) is 10.1. The summed E-state index contributed by atoms with van der Waals surface area (Å²) >= 11 is 0.00312. The molecule has 0 fully saturated rings. The van der Waals surface area contributed by atoms with Crippen LogP contribution in [0.3, 0.4) is 0 Å². The lowest BCUT2D eigenvalue weighted by atomic mass is 10.2. The second-order valence-corrected chi connectivity index (χ2v) is 4.37. The molecule has 0 aromatic rings. The second kappa shape index (κ2) is 5.65. The van der Waals surface area contributed by atoms with Gasteiger partial charge < -0.3 is 4.74 Å². The lowest BCUT2D eigenvalue weighted by molar-refractivity contribution is -0.138. The molecule has 0 atom stereocenters. The number of halogens is 1. The van der Waals surface area contributed by atoms with Crippen LogP contribution in [-0.4, -0.2) is 16.6 Å². The third-order valence-corrected chi connectivity index (χ3v) is 2.86. The average molecular weight is 289 g/mol. The molecule has 0 radical (unpaired) electrons. The minimum Gasteiger partial charge on any atom is -0.461 e. The summed E-state index contributed by atoms with van der Waals surface area (Å²) in [6, 6.07) is 1.91. The highest BCUT2D eigenvalue weighted by atomic mass is 127. The topological polar surface area (TPSA) is 50.1 Å². The van der Waals surface area contributed by atoms with E-state index in [9.17, 15) is 4.79 Å². The zero-order valence-corrected chi connectivity index (χ0v) is 9.02. The molecule has 0 spiro atoms. The van der Waals surface area contributed by atoms with Gasteiger partial charge >= 0.3 is 5.97 Å². The average Bonchev–Trinajstić information content (AvgIpc) is 2.19. The highest BCUT2D eigenvalue weighted by molar-refractivity contribution is 14.2. The minimum absolute atomic E-state index is 0.00312. The fourth-order valence-corrected chi connectivity index (χ4v) is 2.14. The van der Waals surface area contributed by atoms with Crippen LogP contribution >= 0.6 is 20.7 Å². The lowest BCUT2D eigenvalue weighted by Gasteiger charge is -2.02. The Labute approximate surface area is 86.4 Å². The van der Waals surface area contributed by atoms with Gasteiger partial charge in [-0.2, -0.15) is 5.26 Å². The molecule has 1 aliphatic rings. The Kier molecular flexibility index (Phi) is 4.40. The van der Waals surface area contributed by atoms with E-state index in [2.05, 4.69) is 0 Å². The highest BCUT2D eigenvalue weighted by Crippen LogP contribution is 2.10. The first-order chi connectivity index (χ1) is 6.34. The summed E-state index contributed by atoms with van der Waals surface area (Å²) in [7, 11) is 0. The van der Waals surface area contributed by atoms with Crippen LogP contribution in [0.25, 0.3) is 0 Å². The van der Waals surface area contributed by atoms with Crippen molar-refractivity contribution < 1.29 is 9.53 Å². The summed E-state index contributed by atoms with van der Waals surface area (Å²) in [4.78, 5) is 11.2. The molecule has 0 N–H and O–H groups in total. The molecule has 1 rings (SSSR count). The smallest absolute Gasteiger partial charge is 0.338 e. The molecule has 0 unspecified atom stereocenters. The van der Waals surface area contributed by atoms with E-state index in [-0.39, 0.29) is 39.7 Å². The van der Waals surface area contributed by atoms with Crippen LogP contribution in [0.15, 0.2) is 21.8 Å². The fourth-order valence-electron chi connectivity index (χ4n) is 0.715. The molecule has 1 heterocycles. The van der Waals surface area contributed by atoms with Gasteiger partial charge in [0.2, 0.25) is 0 Å². The van der Waals surface area contributed by atoms with Crippen molar-refractivity contribution in [1.82, 2.24) is 0 Å². The molecule has 1 aliphatic heterocycles. The predicted molar refractivity (Wildman–Crippen MR) is 58.5 cm³/mol. The molecule has 0 saturated carbocycles. The molecule has 0 aromatic carbocycles. The third-order valence-electron chi connectivity index (χ3n) is 1.31. The van der Waals surface area contributed by atoms with Crippen LogP contribution < -0.4 is 0 Å². The van der Waals surface area contributed by atoms with E-state index in [4.69, 9.17) is 10.00 Å². The molecular weight excluding hydrogens is 281 g/mol. The van der Waals surface area contributed by atoms with E-state index in [1.165, 1.54) is 0 Å². The number of hydrogen-bond acceptors (Lipinski definition) is 3. The molecule has 0 saturated heterocycles. The summed E-state index contributed by atoms with van der Waals surface area (Å²) in [6.07, 6.45) is 3.81. The molecule has 0 aromatic heterocycles. The van der Waals surface area contributed by atoms with E-state index < -0.39 is 0 Å². The van der Waals surface area contributed by atoms with Crippen molar-refractivity contribution in [2.75, 3.05) is 6.61 Å². The van der Waals surface area contributed by atoms with Crippen LogP contribution in [0.5, 0.6) is 0 Å². The van der Waals surface area contributed by atoms with Gasteiger partial charge in [-0.1, -0.05) is 20.7 Å². The Morgan fingerprint density at radius 3 is 3.15 bits per heavy atom. The maximum Gasteiger partial charge on any atom is 0.338 e. The molecule has 0 amide bonds. The second-order valence-electron chi connectivity index (χ2n) is 2.21. The summed E-state index contributed by atoms with van der Waals surface area (Å²) in [5.41, 5.74) is 0.573. The van der Waals surface area contributed by atoms with E-state index in [0.29, 0.717) is 5.57 Å². The number of hydrogen-bond donors (Lipinski definition) is 0. The van der Waals surface area contributed by atoms with Crippen LogP contribution in [0.1, 0.15) is 6.42 Å². The zero-order chi connectivity index (χ0) is 9.52. The van der Waals surface area contributed by atoms with Gasteiger partial charge in [-0.05, 0) is 20.2 Å². The first-order valence-electron chi connectivity index (χ1n) is 3.70. The molecule has 0 bridgehead atoms. The molecule has 0 aliphatic carbocycles. The standard InChI is InChI=1S/C9H8INO2/c11-6-1-7-13-9(12)8-2-4-10-5-3-8/h2-5H,1,7H2. The van der Waals surface area contributed by atoms with Gasteiger partial charge in [-0.15, -0.1) is 0 Å². The highest BCUT2D eigenvalue weighted by Gasteiger charge is 2.07. The van der Waals surface area contributed by atoms with E-state index >= 15 is 0 Å². The van der Waals surface area contributed by atoms with E-state index in [1.807, 2.05) is 14.2 Å². The molecule has 13 heavy (non-hydrogen) atoms. The maximum atomic E-state index is 11.2. The van der Waals surface area contributed by atoms with Gasteiger partial charge in [0.15, 0.2) is 0 Å². The van der Waals surface area contributed by atoms with Gasteiger partial charge in [0.25, 0.3) is 0 Å². The van der Waals surface area contributed by atoms with E-state index in [0.717, 1.165) is 0 Å². The normalized spacial score (nSPS) is 13.9. The van der Waals surface area contributed by atoms with Gasteiger partial charge in [0.05, 0.1) is 18.1 Å². The number of allylic oxidation sites excluding steroid dienone is 1. The third kappa shape index (κ3) is 3.51. The van der Waals surface area contributed by atoms with Crippen LogP contribution in [0.2, 0.25) is 0 Å². The number of nitriles is 1. The number of carbonyl (C=O) groups excluding carboxylic acids is 1. The van der Waals surface area contributed by atoms with Crippen molar-refractivity contribution in [2.24, 2.45) is 0 Å². The molecule has 68 valence electrons. The van der Waals surface area contributed by atoms with Crippen molar-refractivity contribution in [3.8, 4) is 6.07 Å². The van der Waals surface area contributed by atoms with Crippen molar-refractivity contribution in [3.63, 3.8) is 0 Å². The summed E-state index contributed by atoms with van der Waals surface area (Å²) in [6.45, 7) is 0.176. The predicted octanol–water partition coefficient (Wildman–Crippen LogP) is 1.67. The molecular formula is C9H8INO2. The maximum absolute atomic E-state index is 11.2. The lowest BCUT2D eigenvalue weighted by Crippen LogP contribution is -2.07. The monoisotopic (exact) mass is 289 g/mol. The molecule has 3 nitrogen and oxygen atoms in total. The Balaban J connectivity index is 2.41. The molecule has 4 heteroatoms. The quantitative estimate of drug-likeness (QED) is 0.451. The minimum atomic E-state index is -0.341. The van der Waals surface area contributed by atoms with Gasteiger partial charge in [-0.3, -0.25) is 0 Å². The van der Waals surface area contributed by atoms with Gasteiger partial charge in [-0.25, -0.2) is 4.79 Å². The van der Waals surface area contributed by atoms with E-state index in [1.54, 1.807) is 12.2 Å². The SMILES string of the molecule is N#CCCOC(=O)C1=CC=IC=C1. The van der Waals surface area contributed by atoms with Crippen molar-refractivity contribution in [1.29, 1.82) is 5.26 Å². The number of nitrogens with zero attached hydrogens (tertiary/aromatic N) is 1. The number of rotatable bonds is 3. The zero-order valence-electron chi connectivity index (χ0n) is 6.87. The summed E-state index contributed by atoms with van der Waals surface area (Å²) in [5.74, 6) is -0.341. The fraction of sp³-hybridized carbons (Fsp3) is 0.222. The van der Waals surface area contributed by atoms with Crippen LogP contribution in [0, 0.1) is 11.3 Å². The summed E-state index contributed by atoms with van der Waals surface area (Å²) < 4.78 is 8.83. The number of ether oxygens (including phenoxy) is 1.